The van der Waals surface area contributed by atoms with Crippen molar-refractivity contribution in [2.45, 2.75) is 30.4 Å². The van der Waals surface area contributed by atoms with Crippen molar-refractivity contribution < 1.29 is 14.3 Å². The molecule has 1 amide bonds. The molecule has 7 heteroatoms. The van der Waals surface area contributed by atoms with Gasteiger partial charge in [-0.2, -0.15) is 0 Å². The smallest absolute Gasteiger partial charge is 0.248 e. The number of nitrogens with zero attached hydrogens (tertiary/aromatic N) is 1. The molecule has 0 radical (unpaired) electrons. The molecule has 3 aliphatic rings. The highest BCUT2D eigenvalue weighted by molar-refractivity contribution is 8.00. The van der Waals surface area contributed by atoms with E-state index in [4.69, 9.17) is 27.4 Å². The first kappa shape index (κ1) is 21.6. The summed E-state index contributed by atoms with van der Waals surface area (Å²) in [6.45, 7) is 1.46. The van der Waals surface area contributed by atoms with E-state index in [1.807, 2.05) is 60.7 Å². The second kappa shape index (κ2) is 9.35. The zero-order chi connectivity index (χ0) is 22.1. The highest BCUT2D eigenvalue weighted by atomic mass is 32.2. The number of ether oxygens (including phenoxy) is 2. The van der Waals surface area contributed by atoms with Gasteiger partial charge >= 0.3 is 0 Å². The van der Waals surface area contributed by atoms with Crippen LogP contribution in [0.3, 0.4) is 0 Å². The standard InChI is InChI=1S/C25H26N2O3S2/c26-20-23(28)27-21(19(15-32-24(20)27)16-11-13-29-14-12-16)25(31)30-22(17-7-3-1-4-8-17)18-9-5-2-6-10-18/h1-10,16,20,22,24H,11-15,26H2/t20?,24-/m1/s1. The number of thioether (sulfide) groups is 1. The van der Waals surface area contributed by atoms with Gasteiger partial charge in [-0.3, -0.25) is 9.69 Å². The maximum Gasteiger partial charge on any atom is 0.248 e. The van der Waals surface area contributed by atoms with Crippen molar-refractivity contribution >= 4 is 34.9 Å². The number of rotatable bonds is 5. The zero-order valence-electron chi connectivity index (χ0n) is 17.7. The molecule has 2 atom stereocenters. The summed E-state index contributed by atoms with van der Waals surface area (Å²) >= 11 is 7.62. The molecule has 166 valence electrons. The summed E-state index contributed by atoms with van der Waals surface area (Å²) in [6, 6.07) is 19.6. The first-order valence-electron chi connectivity index (χ1n) is 11.0. The molecule has 0 aromatic heterocycles. The average molecular weight is 467 g/mol. The van der Waals surface area contributed by atoms with E-state index in [-0.39, 0.29) is 17.4 Å². The summed E-state index contributed by atoms with van der Waals surface area (Å²) < 4.78 is 12.1. The van der Waals surface area contributed by atoms with Gasteiger partial charge in [0.05, 0.1) is 5.70 Å². The fourth-order valence-electron chi connectivity index (χ4n) is 4.63. The third-order valence-corrected chi connectivity index (χ3v) is 7.99. The lowest BCUT2D eigenvalue weighted by Gasteiger charge is -2.50. The van der Waals surface area contributed by atoms with Crippen LogP contribution in [-0.2, 0) is 14.3 Å². The molecule has 2 aromatic carbocycles. The Morgan fingerprint density at radius 2 is 1.66 bits per heavy atom. The Morgan fingerprint density at radius 1 is 1.06 bits per heavy atom. The normalized spacial score (nSPS) is 23.7. The molecule has 3 heterocycles. The Balaban J connectivity index is 1.51. The van der Waals surface area contributed by atoms with Crippen LogP contribution in [0.2, 0.25) is 0 Å². The number of hydrogen-bond acceptors (Lipinski definition) is 6. The maximum atomic E-state index is 12.8. The van der Waals surface area contributed by atoms with Gasteiger partial charge in [0.15, 0.2) is 0 Å². The van der Waals surface area contributed by atoms with Gasteiger partial charge in [-0.1, -0.05) is 60.7 Å². The quantitative estimate of drug-likeness (QED) is 0.530. The van der Waals surface area contributed by atoms with Crippen molar-refractivity contribution in [1.82, 2.24) is 4.90 Å². The minimum Gasteiger partial charge on any atom is -0.469 e. The number of nitrogens with two attached hydrogens (primary N) is 1. The average Bonchev–Trinajstić information content (AvgIpc) is 2.87. The van der Waals surface area contributed by atoms with Gasteiger partial charge in [0, 0.05) is 19.0 Å². The Kier molecular flexibility index (Phi) is 6.33. The summed E-state index contributed by atoms with van der Waals surface area (Å²) in [5.74, 6) is 1.07. The van der Waals surface area contributed by atoms with Crippen molar-refractivity contribution in [3.05, 3.63) is 83.1 Å². The highest BCUT2D eigenvalue weighted by Gasteiger charge is 2.52. The van der Waals surface area contributed by atoms with Gasteiger partial charge < -0.3 is 15.2 Å². The molecule has 0 spiro atoms. The van der Waals surface area contributed by atoms with E-state index in [2.05, 4.69) is 0 Å². The van der Waals surface area contributed by atoms with E-state index in [1.54, 1.807) is 16.7 Å². The van der Waals surface area contributed by atoms with Gasteiger partial charge in [-0.25, -0.2) is 0 Å². The Hall–Kier alpha value is -2.19. The number of amides is 1. The van der Waals surface area contributed by atoms with Crippen molar-refractivity contribution in [3.63, 3.8) is 0 Å². The third-order valence-electron chi connectivity index (χ3n) is 6.38. The lowest BCUT2D eigenvalue weighted by Crippen LogP contribution is -2.68. The largest absolute Gasteiger partial charge is 0.469 e. The molecule has 1 unspecified atom stereocenters. The van der Waals surface area contributed by atoms with Gasteiger partial charge in [0.2, 0.25) is 11.0 Å². The number of β-lactam (4-membered cyclic amide) rings is 1. The molecule has 2 fully saturated rings. The van der Waals surface area contributed by atoms with E-state index in [0.29, 0.717) is 11.0 Å². The van der Waals surface area contributed by atoms with E-state index < -0.39 is 6.04 Å². The monoisotopic (exact) mass is 466 g/mol. The predicted molar refractivity (Wildman–Crippen MR) is 130 cm³/mol. The molecule has 2 N–H and O–H groups in total. The molecule has 0 bridgehead atoms. The fraction of sp³-hybridized carbons (Fsp3) is 0.360. The van der Waals surface area contributed by atoms with Gasteiger partial charge in [-0.15, -0.1) is 11.8 Å². The van der Waals surface area contributed by atoms with Crippen LogP contribution in [0.1, 0.15) is 30.1 Å². The molecule has 32 heavy (non-hydrogen) atoms. The third kappa shape index (κ3) is 3.99. The summed E-state index contributed by atoms with van der Waals surface area (Å²) in [5, 5.41) is 0.296. The molecule has 0 saturated carbocycles. The Bertz CT molecular complexity index is 982. The minimum absolute atomic E-state index is 0.0745. The van der Waals surface area contributed by atoms with E-state index >= 15 is 0 Å². The Labute approximate surface area is 197 Å². The zero-order valence-corrected chi connectivity index (χ0v) is 19.3. The van der Waals surface area contributed by atoms with Crippen molar-refractivity contribution in [1.29, 1.82) is 0 Å². The first-order chi connectivity index (χ1) is 15.6. The Morgan fingerprint density at radius 3 is 2.25 bits per heavy atom. The van der Waals surface area contributed by atoms with E-state index in [0.717, 1.165) is 48.6 Å². The topological polar surface area (TPSA) is 64.8 Å². The number of fused-ring (bicyclic) bond motifs is 1. The predicted octanol–water partition coefficient (Wildman–Crippen LogP) is 4.04. The molecular weight excluding hydrogens is 440 g/mol. The molecule has 5 rings (SSSR count). The van der Waals surface area contributed by atoms with E-state index in [9.17, 15) is 4.79 Å². The summed E-state index contributed by atoms with van der Waals surface area (Å²) in [6.07, 6.45) is 1.51. The molecule has 0 aliphatic carbocycles. The van der Waals surface area contributed by atoms with Crippen LogP contribution in [0, 0.1) is 5.92 Å². The second-order valence-electron chi connectivity index (χ2n) is 8.30. The van der Waals surface area contributed by atoms with Crippen LogP contribution in [0.4, 0.5) is 0 Å². The van der Waals surface area contributed by atoms with Gasteiger partial charge in [0.25, 0.3) is 0 Å². The number of benzene rings is 2. The maximum absolute atomic E-state index is 12.8. The molecule has 3 aliphatic heterocycles. The lowest BCUT2D eigenvalue weighted by molar-refractivity contribution is -0.141. The highest BCUT2D eigenvalue weighted by Crippen LogP contribution is 2.44. The second-order valence-corrected chi connectivity index (χ2v) is 9.78. The van der Waals surface area contributed by atoms with Crippen LogP contribution >= 0.6 is 24.0 Å². The SMILES string of the molecule is NC1C(=O)N2C(C(=S)OC(c3ccccc3)c3ccccc3)=C(C3CCOCC3)CS[C@H]12. The van der Waals surface area contributed by atoms with Crippen molar-refractivity contribution in [2.75, 3.05) is 19.0 Å². The summed E-state index contributed by atoms with van der Waals surface area (Å²) in [7, 11) is 0. The van der Waals surface area contributed by atoms with Crippen LogP contribution in [0.15, 0.2) is 71.9 Å². The van der Waals surface area contributed by atoms with Crippen LogP contribution in [-0.4, -0.2) is 46.2 Å². The van der Waals surface area contributed by atoms with Crippen LogP contribution < -0.4 is 5.73 Å². The van der Waals surface area contributed by atoms with Crippen molar-refractivity contribution in [2.24, 2.45) is 11.7 Å². The molecule has 5 nitrogen and oxygen atoms in total. The molecule has 2 saturated heterocycles. The van der Waals surface area contributed by atoms with Crippen LogP contribution in [0.25, 0.3) is 0 Å². The van der Waals surface area contributed by atoms with Crippen LogP contribution in [0.5, 0.6) is 0 Å². The lowest BCUT2D eigenvalue weighted by atomic mass is 9.89. The minimum atomic E-state index is -0.479. The number of carbonyl (C=O) groups is 1. The summed E-state index contributed by atoms with van der Waals surface area (Å²) in [4.78, 5) is 14.6. The molecule has 2 aromatic rings. The van der Waals surface area contributed by atoms with Crippen molar-refractivity contribution in [3.8, 4) is 0 Å². The van der Waals surface area contributed by atoms with Gasteiger partial charge in [0.1, 0.15) is 17.5 Å². The number of carbonyl (C=O) groups excluding carboxylic acids is 1. The number of thiocarbonyl (C=S) groups is 1. The summed E-state index contributed by atoms with van der Waals surface area (Å²) in [5.41, 5.74) is 10.1. The van der Waals surface area contributed by atoms with E-state index in [1.165, 1.54) is 5.57 Å². The van der Waals surface area contributed by atoms with Gasteiger partial charge in [-0.05, 0) is 47.7 Å². The number of hydrogen-bond donors (Lipinski definition) is 1. The first-order valence-corrected chi connectivity index (χ1v) is 12.4. The fourth-order valence-corrected chi connectivity index (χ4v) is 6.36. The molecular formula is C25H26N2O3S2.